The van der Waals surface area contributed by atoms with Crippen molar-refractivity contribution in [1.29, 1.82) is 0 Å². The predicted octanol–water partition coefficient (Wildman–Crippen LogP) is 3.13. The van der Waals surface area contributed by atoms with Gasteiger partial charge in [0.05, 0.1) is 14.9 Å². The van der Waals surface area contributed by atoms with Gasteiger partial charge in [-0.1, -0.05) is 0 Å². The van der Waals surface area contributed by atoms with Gasteiger partial charge >= 0.3 is 0 Å². The van der Waals surface area contributed by atoms with Gasteiger partial charge in [0.15, 0.2) is 0 Å². The monoisotopic (exact) mass is 309 g/mol. The van der Waals surface area contributed by atoms with E-state index in [1.54, 1.807) is 20.8 Å². The van der Waals surface area contributed by atoms with Crippen molar-refractivity contribution in [3.63, 3.8) is 0 Å². The highest BCUT2D eigenvalue weighted by molar-refractivity contribution is 9.10. The highest BCUT2D eigenvalue weighted by Gasteiger charge is 2.28. The third-order valence-electron chi connectivity index (χ3n) is 1.98. The first-order valence-corrected chi connectivity index (χ1v) is 6.88. The van der Waals surface area contributed by atoms with Crippen LogP contribution in [0.15, 0.2) is 22.7 Å². The van der Waals surface area contributed by atoms with Crippen LogP contribution in [0.3, 0.4) is 0 Å². The molecule has 90 valence electrons. The Morgan fingerprint density at radius 2 is 1.88 bits per heavy atom. The van der Waals surface area contributed by atoms with Crippen molar-refractivity contribution in [3.05, 3.63) is 28.5 Å². The molecule has 0 amide bonds. The first-order valence-electron chi connectivity index (χ1n) is 4.61. The van der Waals surface area contributed by atoms with Gasteiger partial charge in [-0.05, 0) is 54.9 Å². The number of rotatable bonds is 2. The van der Waals surface area contributed by atoms with E-state index in [0.29, 0.717) is 4.47 Å². The second-order valence-electron chi connectivity index (χ2n) is 4.35. The zero-order chi connectivity index (χ0) is 12.6. The highest BCUT2D eigenvalue weighted by atomic mass is 79.9. The molecule has 0 saturated heterocycles. The minimum atomic E-state index is -3.51. The summed E-state index contributed by atoms with van der Waals surface area (Å²) in [6.45, 7) is 4.72. The van der Waals surface area contributed by atoms with E-state index < -0.39 is 20.6 Å². The molecule has 0 fully saturated rings. The average Bonchev–Trinajstić information content (AvgIpc) is 2.09. The molecule has 1 aromatic carbocycles. The van der Waals surface area contributed by atoms with Crippen molar-refractivity contribution in [2.45, 2.75) is 25.5 Å². The molecule has 1 aromatic rings. The number of halogens is 2. The summed E-state index contributed by atoms with van der Waals surface area (Å²) in [5, 5.41) is 0. The molecule has 0 spiro atoms. The van der Waals surface area contributed by atoms with Gasteiger partial charge in [-0.2, -0.15) is 0 Å². The van der Waals surface area contributed by atoms with E-state index in [1.807, 2.05) is 0 Å². The van der Waals surface area contributed by atoms with Gasteiger partial charge in [0.2, 0.25) is 10.0 Å². The maximum absolute atomic E-state index is 13.2. The number of benzene rings is 1. The summed E-state index contributed by atoms with van der Waals surface area (Å²) in [5.41, 5.74) is 0.218. The molecule has 0 aromatic heterocycles. The Morgan fingerprint density at radius 1 is 1.31 bits per heavy atom. The van der Waals surface area contributed by atoms with E-state index in [-0.39, 0.29) is 5.69 Å². The number of hydrogen-bond donors (Lipinski definition) is 1. The number of sulfonamides is 1. The molecule has 0 radical (unpaired) electrons. The zero-order valence-electron chi connectivity index (χ0n) is 9.21. The molecule has 0 aliphatic carbocycles. The molecule has 6 heteroatoms. The molecular formula is C10H13BrFNO2S. The predicted molar refractivity (Wildman–Crippen MR) is 66.4 cm³/mol. The van der Waals surface area contributed by atoms with Gasteiger partial charge in [0, 0.05) is 0 Å². The number of nitrogens with one attached hydrogen (secondary N) is 1. The van der Waals surface area contributed by atoms with Crippen LogP contribution in [0.25, 0.3) is 0 Å². The number of anilines is 1. The molecule has 1 N–H and O–H groups in total. The summed E-state index contributed by atoms with van der Waals surface area (Å²) in [6.07, 6.45) is 0. The number of hydrogen-bond acceptors (Lipinski definition) is 2. The van der Waals surface area contributed by atoms with E-state index in [1.165, 1.54) is 12.1 Å². The van der Waals surface area contributed by atoms with Crippen LogP contribution in [0.4, 0.5) is 10.1 Å². The third kappa shape index (κ3) is 2.95. The summed E-state index contributed by atoms with van der Waals surface area (Å²) in [6, 6.07) is 4.08. The summed E-state index contributed by atoms with van der Waals surface area (Å²) in [7, 11) is -3.51. The van der Waals surface area contributed by atoms with Crippen LogP contribution in [-0.4, -0.2) is 13.2 Å². The van der Waals surface area contributed by atoms with Crippen molar-refractivity contribution in [1.82, 2.24) is 0 Å². The Kier molecular flexibility index (Phi) is 3.64. The van der Waals surface area contributed by atoms with Crippen LogP contribution >= 0.6 is 15.9 Å². The standard InChI is InChI=1S/C10H13BrFNO2S/c1-10(2,3)16(14,15)13-7-4-5-8(11)9(12)6-7/h4-6,13H,1-3H3. The minimum absolute atomic E-state index is 0.218. The fourth-order valence-electron chi connectivity index (χ4n) is 0.868. The van der Waals surface area contributed by atoms with Crippen LogP contribution in [0.2, 0.25) is 0 Å². The van der Waals surface area contributed by atoms with Crippen LogP contribution in [-0.2, 0) is 10.0 Å². The molecule has 0 heterocycles. The van der Waals surface area contributed by atoms with Crippen molar-refractivity contribution < 1.29 is 12.8 Å². The van der Waals surface area contributed by atoms with E-state index in [0.717, 1.165) is 6.07 Å². The van der Waals surface area contributed by atoms with Crippen molar-refractivity contribution in [3.8, 4) is 0 Å². The molecule has 0 saturated carbocycles. The average molecular weight is 310 g/mol. The molecule has 0 unspecified atom stereocenters. The summed E-state index contributed by atoms with van der Waals surface area (Å²) in [5.74, 6) is -0.505. The summed E-state index contributed by atoms with van der Waals surface area (Å²) < 4.78 is 38.4. The van der Waals surface area contributed by atoms with Gasteiger partial charge in [-0.3, -0.25) is 4.72 Å². The van der Waals surface area contributed by atoms with E-state index in [2.05, 4.69) is 20.7 Å². The highest BCUT2D eigenvalue weighted by Crippen LogP contribution is 2.23. The lowest BCUT2D eigenvalue weighted by molar-refractivity contribution is 0.566. The summed E-state index contributed by atoms with van der Waals surface area (Å²) in [4.78, 5) is 0. The molecule has 3 nitrogen and oxygen atoms in total. The van der Waals surface area contributed by atoms with Gasteiger partial charge in [-0.15, -0.1) is 0 Å². The Balaban J connectivity index is 3.03. The largest absolute Gasteiger partial charge is 0.283 e. The molecule has 0 bridgehead atoms. The molecule has 0 atom stereocenters. The zero-order valence-corrected chi connectivity index (χ0v) is 11.6. The fourth-order valence-corrected chi connectivity index (χ4v) is 1.86. The lowest BCUT2D eigenvalue weighted by Crippen LogP contribution is -2.33. The van der Waals surface area contributed by atoms with Crippen LogP contribution in [0, 0.1) is 5.82 Å². The van der Waals surface area contributed by atoms with Crippen LogP contribution < -0.4 is 4.72 Å². The van der Waals surface area contributed by atoms with Gasteiger partial charge in [-0.25, -0.2) is 12.8 Å². The summed E-state index contributed by atoms with van der Waals surface area (Å²) >= 11 is 3.00. The van der Waals surface area contributed by atoms with Gasteiger partial charge in [0.25, 0.3) is 0 Å². The van der Waals surface area contributed by atoms with Crippen LogP contribution in [0.1, 0.15) is 20.8 Å². The Bertz CT molecular complexity index is 494. The molecule has 16 heavy (non-hydrogen) atoms. The lowest BCUT2D eigenvalue weighted by atomic mass is 10.3. The molecular weight excluding hydrogens is 297 g/mol. The topological polar surface area (TPSA) is 46.2 Å². The molecule has 0 aliphatic rings. The molecule has 0 aliphatic heterocycles. The van der Waals surface area contributed by atoms with E-state index >= 15 is 0 Å². The maximum Gasteiger partial charge on any atom is 0.237 e. The maximum atomic E-state index is 13.2. The first-order chi connectivity index (χ1) is 7.13. The fraction of sp³-hybridized carbons (Fsp3) is 0.400. The lowest BCUT2D eigenvalue weighted by Gasteiger charge is -2.20. The quantitative estimate of drug-likeness (QED) is 0.912. The first kappa shape index (κ1) is 13.4. The van der Waals surface area contributed by atoms with Crippen molar-refractivity contribution in [2.24, 2.45) is 0 Å². The van der Waals surface area contributed by atoms with Gasteiger partial charge in [0.1, 0.15) is 5.82 Å². The SMILES string of the molecule is CC(C)(C)S(=O)(=O)Nc1ccc(Br)c(F)c1. The Morgan fingerprint density at radius 3 is 2.31 bits per heavy atom. The second-order valence-corrected chi connectivity index (χ2v) is 7.64. The van der Waals surface area contributed by atoms with E-state index in [9.17, 15) is 12.8 Å². The smallest absolute Gasteiger partial charge is 0.237 e. The van der Waals surface area contributed by atoms with Crippen molar-refractivity contribution in [2.75, 3.05) is 4.72 Å². The van der Waals surface area contributed by atoms with Gasteiger partial charge < -0.3 is 0 Å². The molecule has 1 rings (SSSR count). The Labute approximate surface area is 103 Å². The van der Waals surface area contributed by atoms with Crippen LogP contribution in [0.5, 0.6) is 0 Å². The van der Waals surface area contributed by atoms with Crippen molar-refractivity contribution >= 4 is 31.6 Å². The Hall–Kier alpha value is -0.620. The second kappa shape index (κ2) is 4.33. The van der Waals surface area contributed by atoms with E-state index in [4.69, 9.17) is 0 Å². The third-order valence-corrected chi connectivity index (χ3v) is 4.74. The normalized spacial score (nSPS) is 12.6. The minimum Gasteiger partial charge on any atom is -0.283 e.